The van der Waals surface area contributed by atoms with Crippen molar-refractivity contribution >= 4 is 17.5 Å². The summed E-state index contributed by atoms with van der Waals surface area (Å²) in [6, 6.07) is 12.1. The first-order valence-corrected chi connectivity index (χ1v) is 9.60. The van der Waals surface area contributed by atoms with Gasteiger partial charge in [0.05, 0.1) is 26.9 Å². The topological polar surface area (TPSA) is 99.5 Å². The van der Waals surface area contributed by atoms with Crippen molar-refractivity contribution in [3.63, 3.8) is 0 Å². The maximum Gasteiger partial charge on any atom is 0.255 e. The lowest BCUT2D eigenvalue weighted by Gasteiger charge is -2.29. The van der Waals surface area contributed by atoms with Crippen LogP contribution in [-0.2, 0) is 4.79 Å². The number of hydrogen-bond acceptors (Lipinski definition) is 7. The van der Waals surface area contributed by atoms with Crippen molar-refractivity contribution in [3.8, 4) is 17.2 Å². The predicted octanol–water partition coefficient (Wildman–Crippen LogP) is 3.23. The molecule has 0 bridgehead atoms. The van der Waals surface area contributed by atoms with Crippen molar-refractivity contribution in [3.05, 3.63) is 65.6 Å². The SMILES string of the molecule is COc1ccc(NC(=O)C2=C(C)Nc3ncnn3[C@H]2c2ccc(OC)cc2OC)cc1. The van der Waals surface area contributed by atoms with Crippen LogP contribution in [0.25, 0.3) is 0 Å². The summed E-state index contributed by atoms with van der Waals surface area (Å²) in [5, 5.41) is 10.5. The normalized spacial score (nSPS) is 15.0. The lowest BCUT2D eigenvalue weighted by atomic mass is 9.94. The van der Waals surface area contributed by atoms with Crippen LogP contribution in [0, 0.1) is 0 Å². The van der Waals surface area contributed by atoms with Crippen molar-refractivity contribution in [2.45, 2.75) is 13.0 Å². The Kier molecular flexibility index (Phi) is 5.48. The van der Waals surface area contributed by atoms with E-state index < -0.39 is 6.04 Å². The fraction of sp³-hybridized carbons (Fsp3) is 0.227. The minimum atomic E-state index is -0.544. The molecule has 0 saturated heterocycles. The summed E-state index contributed by atoms with van der Waals surface area (Å²) in [7, 11) is 4.76. The van der Waals surface area contributed by atoms with Gasteiger partial charge in [0.25, 0.3) is 5.91 Å². The molecule has 9 nitrogen and oxygen atoms in total. The van der Waals surface area contributed by atoms with Gasteiger partial charge in [0.1, 0.15) is 29.6 Å². The molecule has 2 aromatic carbocycles. The number of carbonyl (C=O) groups excluding carboxylic acids is 1. The molecule has 3 aromatic rings. The highest BCUT2D eigenvalue weighted by Gasteiger charge is 2.35. The fourth-order valence-electron chi connectivity index (χ4n) is 3.59. The highest BCUT2D eigenvalue weighted by Crippen LogP contribution is 2.40. The van der Waals surface area contributed by atoms with E-state index in [4.69, 9.17) is 14.2 Å². The summed E-state index contributed by atoms with van der Waals surface area (Å²) in [4.78, 5) is 17.7. The molecule has 2 heterocycles. The van der Waals surface area contributed by atoms with Gasteiger partial charge in [-0.15, -0.1) is 0 Å². The van der Waals surface area contributed by atoms with Crippen LogP contribution in [0.2, 0.25) is 0 Å². The van der Waals surface area contributed by atoms with E-state index in [1.807, 2.05) is 19.1 Å². The van der Waals surface area contributed by atoms with Crippen molar-refractivity contribution in [2.75, 3.05) is 32.0 Å². The number of amides is 1. The van der Waals surface area contributed by atoms with Crippen molar-refractivity contribution < 1.29 is 19.0 Å². The number of methoxy groups -OCH3 is 3. The molecule has 1 aromatic heterocycles. The molecular formula is C22H23N5O4. The minimum Gasteiger partial charge on any atom is -0.497 e. The Morgan fingerprint density at radius 1 is 1.03 bits per heavy atom. The smallest absolute Gasteiger partial charge is 0.255 e. The van der Waals surface area contributed by atoms with Crippen LogP contribution in [0.15, 0.2) is 60.1 Å². The summed E-state index contributed by atoms with van der Waals surface area (Å²) < 4.78 is 17.8. The van der Waals surface area contributed by atoms with Crippen molar-refractivity contribution in [1.82, 2.24) is 14.8 Å². The molecule has 0 unspecified atom stereocenters. The Balaban J connectivity index is 1.76. The average Bonchev–Trinajstić information content (AvgIpc) is 3.26. The van der Waals surface area contributed by atoms with E-state index in [-0.39, 0.29) is 5.91 Å². The van der Waals surface area contributed by atoms with Gasteiger partial charge >= 0.3 is 0 Å². The summed E-state index contributed by atoms with van der Waals surface area (Å²) in [6.07, 6.45) is 1.45. The lowest BCUT2D eigenvalue weighted by molar-refractivity contribution is -0.113. The minimum absolute atomic E-state index is 0.265. The van der Waals surface area contributed by atoms with Gasteiger partial charge in [0, 0.05) is 23.0 Å². The third kappa shape index (κ3) is 3.77. The number of allylic oxidation sites excluding steroid dienone is 1. The number of carbonyl (C=O) groups is 1. The predicted molar refractivity (Wildman–Crippen MR) is 116 cm³/mol. The molecule has 1 aliphatic rings. The summed E-state index contributed by atoms with van der Waals surface area (Å²) in [5.41, 5.74) is 2.58. The molecule has 0 spiro atoms. The number of nitrogens with one attached hydrogen (secondary N) is 2. The van der Waals surface area contributed by atoms with Crippen LogP contribution in [0.1, 0.15) is 18.5 Å². The first kappa shape index (κ1) is 20.3. The molecule has 2 N–H and O–H groups in total. The maximum absolute atomic E-state index is 13.4. The Hall–Kier alpha value is -4.01. The van der Waals surface area contributed by atoms with Gasteiger partial charge in [0.2, 0.25) is 5.95 Å². The Morgan fingerprint density at radius 2 is 1.74 bits per heavy atom. The number of ether oxygens (including phenoxy) is 3. The van der Waals surface area contributed by atoms with Crippen LogP contribution in [0.3, 0.4) is 0 Å². The maximum atomic E-state index is 13.4. The van der Waals surface area contributed by atoms with Crippen LogP contribution in [0.5, 0.6) is 17.2 Å². The summed E-state index contributed by atoms with van der Waals surface area (Å²) in [5.74, 6) is 2.22. The lowest BCUT2D eigenvalue weighted by Crippen LogP contribution is -2.31. The molecule has 9 heteroatoms. The number of nitrogens with zero attached hydrogens (tertiary/aromatic N) is 3. The fourth-order valence-corrected chi connectivity index (χ4v) is 3.59. The number of benzene rings is 2. The molecule has 1 amide bonds. The van der Waals surface area contributed by atoms with E-state index in [1.54, 1.807) is 56.3 Å². The summed E-state index contributed by atoms with van der Waals surface area (Å²) in [6.45, 7) is 1.84. The largest absolute Gasteiger partial charge is 0.497 e. The van der Waals surface area contributed by atoms with E-state index in [9.17, 15) is 4.79 Å². The van der Waals surface area contributed by atoms with Gasteiger partial charge in [-0.3, -0.25) is 4.79 Å². The number of hydrogen-bond donors (Lipinski definition) is 2. The second kappa shape index (κ2) is 8.39. The van der Waals surface area contributed by atoms with Crippen LogP contribution >= 0.6 is 0 Å². The molecule has 0 radical (unpaired) electrons. The number of fused-ring (bicyclic) bond motifs is 1. The molecule has 0 aliphatic carbocycles. The summed E-state index contributed by atoms with van der Waals surface area (Å²) >= 11 is 0. The second-order valence-corrected chi connectivity index (χ2v) is 6.88. The average molecular weight is 421 g/mol. The highest BCUT2D eigenvalue weighted by molar-refractivity contribution is 6.06. The standard InChI is InChI=1S/C22H23N5O4/c1-13-19(21(28)26-14-5-7-15(29-2)8-6-14)20(27-22(25-13)23-12-24-27)17-10-9-16(30-3)11-18(17)31-4/h5-12,20H,1-4H3,(H,26,28)(H,23,24,25)/t20-/m0/s1. The van der Waals surface area contributed by atoms with Crippen molar-refractivity contribution in [1.29, 1.82) is 0 Å². The Morgan fingerprint density at radius 3 is 2.42 bits per heavy atom. The number of rotatable bonds is 6. The molecule has 0 fully saturated rings. The van der Waals surface area contributed by atoms with Gasteiger partial charge in [-0.2, -0.15) is 10.1 Å². The van der Waals surface area contributed by atoms with E-state index >= 15 is 0 Å². The van der Waals surface area contributed by atoms with Crippen LogP contribution in [-0.4, -0.2) is 42.0 Å². The molecule has 1 atom stereocenters. The van der Waals surface area contributed by atoms with Gasteiger partial charge in [-0.1, -0.05) is 0 Å². The van der Waals surface area contributed by atoms with Gasteiger partial charge in [-0.05, 0) is 43.3 Å². The molecule has 31 heavy (non-hydrogen) atoms. The number of aromatic nitrogens is 3. The zero-order chi connectivity index (χ0) is 22.0. The highest BCUT2D eigenvalue weighted by atomic mass is 16.5. The van der Waals surface area contributed by atoms with Crippen molar-refractivity contribution in [2.24, 2.45) is 0 Å². The Labute approximate surface area is 179 Å². The third-order valence-electron chi connectivity index (χ3n) is 5.12. The van der Waals surface area contributed by atoms with E-state index in [0.29, 0.717) is 40.2 Å². The van der Waals surface area contributed by atoms with Gasteiger partial charge < -0.3 is 24.8 Å². The van der Waals surface area contributed by atoms with E-state index in [2.05, 4.69) is 20.7 Å². The first-order valence-electron chi connectivity index (χ1n) is 9.60. The second-order valence-electron chi connectivity index (χ2n) is 6.88. The quantitative estimate of drug-likeness (QED) is 0.630. The molecular weight excluding hydrogens is 398 g/mol. The number of anilines is 2. The van der Waals surface area contributed by atoms with Gasteiger partial charge in [0.15, 0.2) is 0 Å². The molecule has 160 valence electrons. The van der Waals surface area contributed by atoms with Gasteiger partial charge in [-0.25, -0.2) is 4.68 Å². The zero-order valence-corrected chi connectivity index (χ0v) is 17.7. The molecule has 1 aliphatic heterocycles. The third-order valence-corrected chi connectivity index (χ3v) is 5.12. The zero-order valence-electron chi connectivity index (χ0n) is 17.7. The van der Waals surface area contributed by atoms with Crippen LogP contribution in [0.4, 0.5) is 11.6 Å². The molecule has 4 rings (SSSR count). The van der Waals surface area contributed by atoms with Crippen LogP contribution < -0.4 is 24.8 Å². The van der Waals surface area contributed by atoms with E-state index in [1.165, 1.54) is 6.33 Å². The monoisotopic (exact) mass is 421 g/mol. The first-order chi connectivity index (χ1) is 15.0. The Bertz CT molecular complexity index is 1140. The van der Waals surface area contributed by atoms with E-state index in [0.717, 1.165) is 5.56 Å². The molecule has 0 saturated carbocycles.